The van der Waals surface area contributed by atoms with Gasteiger partial charge < -0.3 is 14.4 Å². The van der Waals surface area contributed by atoms with Crippen LogP contribution in [0.25, 0.3) is 0 Å². The number of ether oxygens (including phenoxy) is 2. The number of para-hydroxylation sites is 2. The first-order chi connectivity index (χ1) is 10.7. The zero-order valence-electron chi connectivity index (χ0n) is 13.6. The summed E-state index contributed by atoms with van der Waals surface area (Å²) in [4.78, 5) is 16.1. The SMILES string of the molecule is CCOC(=O)CCCN1CCN(c2ccccc2OC)CC1. The number of carbonyl (C=O) groups excluding carboxylic acids is 1. The molecule has 122 valence electrons. The van der Waals surface area contributed by atoms with Gasteiger partial charge >= 0.3 is 5.97 Å². The molecule has 0 aliphatic carbocycles. The van der Waals surface area contributed by atoms with Crippen LogP contribution in [0.3, 0.4) is 0 Å². The molecule has 0 atom stereocenters. The molecule has 22 heavy (non-hydrogen) atoms. The third-order valence-electron chi connectivity index (χ3n) is 3.96. The van der Waals surface area contributed by atoms with Gasteiger partial charge in [-0.05, 0) is 32.0 Å². The summed E-state index contributed by atoms with van der Waals surface area (Å²) in [5.74, 6) is 0.841. The molecule has 1 aliphatic heterocycles. The van der Waals surface area contributed by atoms with Crippen LogP contribution >= 0.6 is 0 Å². The van der Waals surface area contributed by atoms with Crippen LogP contribution in [0.1, 0.15) is 19.8 Å². The summed E-state index contributed by atoms with van der Waals surface area (Å²) in [5.41, 5.74) is 1.16. The average molecular weight is 306 g/mol. The van der Waals surface area contributed by atoms with Crippen molar-refractivity contribution in [2.75, 3.05) is 51.3 Å². The van der Waals surface area contributed by atoms with Crippen LogP contribution in [0.5, 0.6) is 5.75 Å². The van der Waals surface area contributed by atoms with Crippen LogP contribution in [0.15, 0.2) is 24.3 Å². The smallest absolute Gasteiger partial charge is 0.305 e. The van der Waals surface area contributed by atoms with Crippen molar-refractivity contribution in [3.63, 3.8) is 0 Å². The number of hydrogen-bond acceptors (Lipinski definition) is 5. The molecule has 2 rings (SSSR count). The van der Waals surface area contributed by atoms with E-state index in [2.05, 4.69) is 15.9 Å². The van der Waals surface area contributed by atoms with Gasteiger partial charge in [0.2, 0.25) is 0 Å². The molecule has 0 saturated carbocycles. The molecule has 0 radical (unpaired) electrons. The summed E-state index contributed by atoms with van der Waals surface area (Å²) < 4.78 is 10.4. The quantitative estimate of drug-likeness (QED) is 0.722. The fraction of sp³-hybridized carbons (Fsp3) is 0.588. The third-order valence-corrected chi connectivity index (χ3v) is 3.96. The minimum absolute atomic E-state index is 0.0878. The number of methoxy groups -OCH3 is 1. The standard InChI is InChI=1S/C17H26N2O3/c1-3-22-17(20)9-6-10-18-11-13-19(14-12-18)15-7-4-5-8-16(15)21-2/h4-5,7-8H,3,6,9-14H2,1-2H3. The second-order valence-electron chi connectivity index (χ2n) is 5.41. The lowest BCUT2D eigenvalue weighted by Crippen LogP contribution is -2.46. The van der Waals surface area contributed by atoms with Crippen LogP contribution in [-0.2, 0) is 9.53 Å². The van der Waals surface area contributed by atoms with Crippen LogP contribution in [0, 0.1) is 0 Å². The number of nitrogens with zero attached hydrogens (tertiary/aromatic N) is 2. The van der Waals surface area contributed by atoms with Crippen molar-refractivity contribution < 1.29 is 14.3 Å². The topological polar surface area (TPSA) is 42.0 Å². The molecule has 1 saturated heterocycles. The Kier molecular flexibility index (Phi) is 6.52. The number of anilines is 1. The van der Waals surface area contributed by atoms with E-state index in [1.807, 2.05) is 25.1 Å². The molecule has 1 aromatic carbocycles. The molecule has 5 heteroatoms. The molecule has 1 aliphatic rings. The summed E-state index contributed by atoms with van der Waals surface area (Å²) in [6, 6.07) is 8.15. The second kappa shape index (κ2) is 8.63. The largest absolute Gasteiger partial charge is 0.495 e. The number of hydrogen-bond donors (Lipinski definition) is 0. The first kappa shape index (κ1) is 16.6. The van der Waals surface area contributed by atoms with Crippen molar-refractivity contribution >= 4 is 11.7 Å². The van der Waals surface area contributed by atoms with Crippen LogP contribution in [-0.4, -0.2) is 57.3 Å². The van der Waals surface area contributed by atoms with Crippen LogP contribution in [0.2, 0.25) is 0 Å². The van der Waals surface area contributed by atoms with Crippen molar-refractivity contribution in [2.24, 2.45) is 0 Å². The van der Waals surface area contributed by atoms with Crippen LogP contribution in [0.4, 0.5) is 5.69 Å². The highest BCUT2D eigenvalue weighted by Gasteiger charge is 2.19. The third kappa shape index (κ3) is 4.63. The van der Waals surface area contributed by atoms with Gasteiger partial charge in [-0.1, -0.05) is 12.1 Å². The first-order valence-corrected chi connectivity index (χ1v) is 8.00. The predicted octanol–water partition coefficient (Wildman–Crippen LogP) is 2.16. The molecule has 5 nitrogen and oxygen atoms in total. The Morgan fingerprint density at radius 3 is 2.59 bits per heavy atom. The highest BCUT2D eigenvalue weighted by molar-refractivity contribution is 5.69. The molecular weight excluding hydrogens is 280 g/mol. The summed E-state index contributed by atoms with van der Waals surface area (Å²) in [5, 5.41) is 0. The fourth-order valence-corrected chi connectivity index (χ4v) is 2.78. The average Bonchev–Trinajstić information content (AvgIpc) is 2.56. The summed E-state index contributed by atoms with van der Waals surface area (Å²) in [6.07, 6.45) is 1.38. The zero-order valence-corrected chi connectivity index (χ0v) is 13.6. The van der Waals surface area contributed by atoms with E-state index in [1.165, 1.54) is 0 Å². The lowest BCUT2D eigenvalue weighted by molar-refractivity contribution is -0.143. The Balaban J connectivity index is 1.75. The predicted molar refractivity (Wildman–Crippen MR) is 87.5 cm³/mol. The Hall–Kier alpha value is -1.75. The van der Waals surface area contributed by atoms with Crippen LogP contribution < -0.4 is 9.64 Å². The highest BCUT2D eigenvalue weighted by Crippen LogP contribution is 2.28. The number of esters is 1. The van der Waals surface area contributed by atoms with E-state index < -0.39 is 0 Å². The Morgan fingerprint density at radius 1 is 1.18 bits per heavy atom. The first-order valence-electron chi connectivity index (χ1n) is 8.00. The van der Waals surface area contributed by atoms with Gasteiger partial charge in [0.1, 0.15) is 5.75 Å². The molecule has 0 aromatic heterocycles. The summed E-state index contributed by atoms with van der Waals surface area (Å²) in [7, 11) is 1.71. The zero-order chi connectivity index (χ0) is 15.8. The molecular formula is C17H26N2O3. The molecule has 0 unspecified atom stereocenters. The number of piperazine rings is 1. The summed E-state index contributed by atoms with van der Waals surface area (Å²) in [6.45, 7) is 7.27. The van der Waals surface area contributed by atoms with E-state index in [0.29, 0.717) is 13.0 Å². The molecule has 1 aromatic rings. The van der Waals surface area contributed by atoms with Gasteiger partial charge in [-0.3, -0.25) is 9.69 Å². The van der Waals surface area contributed by atoms with Crippen molar-refractivity contribution in [3.8, 4) is 5.75 Å². The molecule has 1 heterocycles. The number of carbonyl (C=O) groups is 1. The van der Waals surface area contributed by atoms with Gasteiger partial charge in [-0.15, -0.1) is 0 Å². The maximum absolute atomic E-state index is 11.3. The van der Waals surface area contributed by atoms with Gasteiger partial charge in [0, 0.05) is 32.6 Å². The van der Waals surface area contributed by atoms with Crippen molar-refractivity contribution in [2.45, 2.75) is 19.8 Å². The maximum Gasteiger partial charge on any atom is 0.305 e. The molecule has 0 spiro atoms. The molecule has 0 bridgehead atoms. The highest BCUT2D eigenvalue weighted by atomic mass is 16.5. The maximum atomic E-state index is 11.3. The van der Waals surface area contributed by atoms with Crippen molar-refractivity contribution in [3.05, 3.63) is 24.3 Å². The van der Waals surface area contributed by atoms with Crippen molar-refractivity contribution in [1.82, 2.24) is 4.90 Å². The van der Waals surface area contributed by atoms with E-state index in [9.17, 15) is 4.79 Å². The van der Waals surface area contributed by atoms with Gasteiger partial charge in [0.05, 0.1) is 19.4 Å². The van der Waals surface area contributed by atoms with Gasteiger partial charge in [0.25, 0.3) is 0 Å². The van der Waals surface area contributed by atoms with Crippen molar-refractivity contribution in [1.29, 1.82) is 0 Å². The molecule has 0 amide bonds. The monoisotopic (exact) mass is 306 g/mol. The lowest BCUT2D eigenvalue weighted by Gasteiger charge is -2.36. The van der Waals surface area contributed by atoms with E-state index in [1.54, 1.807) is 7.11 Å². The Morgan fingerprint density at radius 2 is 1.91 bits per heavy atom. The lowest BCUT2D eigenvalue weighted by atomic mass is 10.2. The molecule has 1 fully saturated rings. The van der Waals surface area contributed by atoms with E-state index in [0.717, 1.165) is 50.6 Å². The number of rotatable bonds is 7. The normalized spacial score (nSPS) is 15.6. The minimum atomic E-state index is -0.0878. The van der Waals surface area contributed by atoms with E-state index >= 15 is 0 Å². The van der Waals surface area contributed by atoms with E-state index in [-0.39, 0.29) is 5.97 Å². The Bertz CT molecular complexity index is 471. The Labute approximate surface area is 132 Å². The van der Waals surface area contributed by atoms with Gasteiger partial charge in [-0.25, -0.2) is 0 Å². The number of benzene rings is 1. The summed E-state index contributed by atoms with van der Waals surface area (Å²) >= 11 is 0. The molecule has 0 N–H and O–H groups in total. The minimum Gasteiger partial charge on any atom is -0.495 e. The van der Waals surface area contributed by atoms with E-state index in [4.69, 9.17) is 9.47 Å². The van der Waals surface area contributed by atoms with Gasteiger partial charge in [0.15, 0.2) is 0 Å². The fourth-order valence-electron chi connectivity index (χ4n) is 2.78. The second-order valence-corrected chi connectivity index (χ2v) is 5.41. The van der Waals surface area contributed by atoms with Gasteiger partial charge in [-0.2, -0.15) is 0 Å².